The Labute approximate surface area is 84.8 Å². The molecular formula is C11H16N2O. The van der Waals surface area contributed by atoms with Gasteiger partial charge in [0.1, 0.15) is 5.41 Å². The van der Waals surface area contributed by atoms with Crippen LogP contribution in [-0.2, 0) is 4.79 Å². The van der Waals surface area contributed by atoms with Crippen molar-refractivity contribution < 1.29 is 4.79 Å². The van der Waals surface area contributed by atoms with E-state index in [4.69, 9.17) is 5.26 Å². The van der Waals surface area contributed by atoms with Gasteiger partial charge < -0.3 is 5.32 Å². The van der Waals surface area contributed by atoms with Crippen LogP contribution in [0.25, 0.3) is 0 Å². The van der Waals surface area contributed by atoms with Crippen molar-refractivity contribution >= 4 is 5.91 Å². The number of rotatable bonds is 3. The van der Waals surface area contributed by atoms with Crippen molar-refractivity contribution in [1.82, 2.24) is 5.32 Å². The fourth-order valence-corrected chi connectivity index (χ4v) is 1.86. The molecule has 0 bridgehead atoms. The van der Waals surface area contributed by atoms with E-state index < -0.39 is 5.41 Å². The maximum Gasteiger partial charge on any atom is 0.240 e. The molecule has 0 aliphatic heterocycles. The van der Waals surface area contributed by atoms with E-state index in [0.29, 0.717) is 18.8 Å². The van der Waals surface area contributed by atoms with E-state index in [1.165, 1.54) is 0 Å². The van der Waals surface area contributed by atoms with Gasteiger partial charge in [0.25, 0.3) is 0 Å². The van der Waals surface area contributed by atoms with Gasteiger partial charge in [0, 0.05) is 6.04 Å². The lowest BCUT2D eigenvalue weighted by Crippen LogP contribution is -2.50. The van der Waals surface area contributed by atoms with Crippen LogP contribution in [0.4, 0.5) is 0 Å². The van der Waals surface area contributed by atoms with Crippen LogP contribution in [0, 0.1) is 22.7 Å². The Kier molecular flexibility index (Phi) is 2.95. The van der Waals surface area contributed by atoms with Crippen molar-refractivity contribution in [2.24, 2.45) is 11.3 Å². The minimum absolute atomic E-state index is 0.0661. The standard InChI is InChI=1S/C11H16N2O/c1-4-9(3)13-10(14)11(7-12)5-8(2)6-11/h4,8-9H,1,5-6H2,2-3H3,(H,13,14). The molecule has 0 aromatic rings. The molecule has 76 valence electrons. The zero-order valence-electron chi connectivity index (χ0n) is 8.71. The molecule has 1 aliphatic carbocycles. The molecular weight excluding hydrogens is 176 g/mol. The molecule has 1 unspecified atom stereocenters. The minimum Gasteiger partial charge on any atom is -0.349 e. The summed E-state index contributed by atoms with van der Waals surface area (Å²) < 4.78 is 0. The van der Waals surface area contributed by atoms with E-state index in [0.717, 1.165) is 0 Å². The normalized spacial score (nSPS) is 32.2. The van der Waals surface area contributed by atoms with Crippen molar-refractivity contribution in [2.45, 2.75) is 32.7 Å². The van der Waals surface area contributed by atoms with Gasteiger partial charge in [-0.1, -0.05) is 13.0 Å². The Morgan fingerprint density at radius 1 is 1.79 bits per heavy atom. The van der Waals surface area contributed by atoms with Crippen LogP contribution < -0.4 is 5.32 Å². The number of hydrogen-bond donors (Lipinski definition) is 1. The molecule has 14 heavy (non-hydrogen) atoms. The summed E-state index contributed by atoms with van der Waals surface area (Å²) in [5, 5.41) is 11.7. The van der Waals surface area contributed by atoms with Crippen LogP contribution in [0.2, 0.25) is 0 Å². The van der Waals surface area contributed by atoms with Gasteiger partial charge in [-0.15, -0.1) is 6.58 Å². The molecule has 0 spiro atoms. The lowest BCUT2D eigenvalue weighted by Gasteiger charge is -2.39. The van der Waals surface area contributed by atoms with Gasteiger partial charge in [0.15, 0.2) is 0 Å². The predicted octanol–water partition coefficient (Wildman–Crippen LogP) is 1.62. The largest absolute Gasteiger partial charge is 0.349 e. The van der Waals surface area contributed by atoms with E-state index >= 15 is 0 Å². The Morgan fingerprint density at radius 2 is 2.36 bits per heavy atom. The maximum atomic E-state index is 11.7. The molecule has 1 amide bonds. The molecule has 1 saturated carbocycles. The number of nitrogens with one attached hydrogen (secondary N) is 1. The third-order valence-electron chi connectivity index (χ3n) is 2.75. The molecule has 3 heteroatoms. The molecule has 0 radical (unpaired) electrons. The summed E-state index contributed by atoms with van der Waals surface area (Å²) in [7, 11) is 0. The number of carbonyl (C=O) groups excluding carboxylic acids is 1. The van der Waals surface area contributed by atoms with Crippen LogP contribution in [0.3, 0.4) is 0 Å². The van der Waals surface area contributed by atoms with Crippen LogP contribution in [0.15, 0.2) is 12.7 Å². The monoisotopic (exact) mass is 192 g/mol. The Morgan fingerprint density at radius 3 is 2.71 bits per heavy atom. The Bertz CT molecular complexity index is 284. The second-order valence-electron chi connectivity index (χ2n) is 4.21. The summed E-state index contributed by atoms with van der Waals surface area (Å²) >= 11 is 0. The third kappa shape index (κ3) is 1.79. The maximum absolute atomic E-state index is 11.7. The number of nitrogens with zero attached hydrogens (tertiary/aromatic N) is 1. The van der Waals surface area contributed by atoms with E-state index in [1.54, 1.807) is 6.08 Å². The topological polar surface area (TPSA) is 52.9 Å². The molecule has 3 nitrogen and oxygen atoms in total. The molecule has 1 aliphatic rings. The second kappa shape index (κ2) is 3.83. The molecule has 1 rings (SSSR count). The van der Waals surface area contributed by atoms with E-state index in [1.807, 2.05) is 6.92 Å². The summed E-state index contributed by atoms with van der Waals surface area (Å²) in [6, 6.07) is 2.06. The van der Waals surface area contributed by atoms with Gasteiger partial charge in [0.2, 0.25) is 5.91 Å². The third-order valence-corrected chi connectivity index (χ3v) is 2.75. The SMILES string of the molecule is C=CC(C)NC(=O)C1(C#N)CC(C)C1. The zero-order valence-corrected chi connectivity index (χ0v) is 8.71. The molecule has 0 heterocycles. The number of hydrogen-bond acceptors (Lipinski definition) is 2. The second-order valence-corrected chi connectivity index (χ2v) is 4.21. The van der Waals surface area contributed by atoms with E-state index in [9.17, 15) is 4.79 Å². The summed E-state index contributed by atoms with van der Waals surface area (Å²) in [6.07, 6.45) is 3.02. The highest BCUT2D eigenvalue weighted by Gasteiger charge is 2.48. The fraction of sp³-hybridized carbons (Fsp3) is 0.636. The van der Waals surface area contributed by atoms with Crippen LogP contribution in [0.5, 0.6) is 0 Å². The van der Waals surface area contributed by atoms with Crippen molar-refractivity contribution in [2.75, 3.05) is 0 Å². The van der Waals surface area contributed by atoms with Crippen LogP contribution in [-0.4, -0.2) is 11.9 Å². The van der Waals surface area contributed by atoms with Gasteiger partial charge in [-0.2, -0.15) is 5.26 Å². The van der Waals surface area contributed by atoms with Crippen molar-refractivity contribution in [3.8, 4) is 6.07 Å². The Hall–Kier alpha value is -1.30. The van der Waals surface area contributed by atoms with Crippen LogP contribution >= 0.6 is 0 Å². The molecule has 1 N–H and O–H groups in total. The number of carbonyl (C=O) groups is 1. The van der Waals surface area contributed by atoms with E-state index in [2.05, 4.69) is 24.9 Å². The molecule has 0 aromatic carbocycles. The summed E-state index contributed by atoms with van der Waals surface area (Å²) in [4.78, 5) is 11.7. The first-order valence-corrected chi connectivity index (χ1v) is 4.89. The van der Waals surface area contributed by atoms with Crippen molar-refractivity contribution in [3.63, 3.8) is 0 Å². The fourth-order valence-electron chi connectivity index (χ4n) is 1.86. The van der Waals surface area contributed by atoms with Gasteiger partial charge in [-0.05, 0) is 25.7 Å². The van der Waals surface area contributed by atoms with Gasteiger partial charge in [-0.3, -0.25) is 4.79 Å². The van der Waals surface area contributed by atoms with Crippen molar-refractivity contribution in [1.29, 1.82) is 5.26 Å². The number of nitriles is 1. The van der Waals surface area contributed by atoms with Crippen molar-refractivity contribution in [3.05, 3.63) is 12.7 Å². The summed E-state index contributed by atoms with van der Waals surface area (Å²) in [5.41, 5.74) is -0.767. The average Bonchev–Trinajstić information content (AvgIpc) is 2.12. The first-order valence-electron chi connectivity index (χ1n) is 4.89. The molecule has 0 saturated heterocycles. The summed E-state index contributed by atoms with van der Waals surface area (Å²) in [5.74, 6) is 0.338. The number of amides is 1. The summed E-state index contributed by atoms with van der Waals surface area (Å²) in [6.45, 7) is 7.48. The smallest absolute Gasteiger partial charge is 0.240 e. The van der Waals surface area contributed by atoms with E-state index in [-0.39, 0.29) is 11.9 Å². The highest BCUT2D eigenvalue weighted by molar-refractivity contribution is 5.86. The quantitative estimate of drug-likeness (QED) is 0.691. The first-order chi connectivity index (χ1) is 6.54. The highest BCUT2D eigenvalue weighted by atomic mass is 16.2. The van der Waals surface area contributed by atoms with Gasteiger partial charge in [-0.25, -0.2) is 0 Å². The first kappa shape index (κ1) is 10.8. The lowest BCUT2D eigenvalue weighted by molar-refractivity contribution is -0.134. The Balaban J connectivity index is 2.60. The zero-order chi connectivity index (χ0) is 10.8. The molecule has 0 aromatic heterocycles. The average molecular weight is 192 g/mol. The van der Waals surface area contributed by atoms with Gasteiger partial charge in [0.05, 0.1) is 6.07 Å². The van der Waals surface area contributed by atoms with Crippen LogP contribution in [0.1, 0.15) is 26.7 Å². The molecule has 1 fully saturated rings. The predicted molar refractivity (Wildman–Crippen MR) is 54.2 cm³/mol. The highest BCUT2D eigenvalue weighted by Crippen LogP contribution is 2.45. The minimum atomic E-state index is -0.767. The molecule has 1 atom stereocenters. The van der Waals surface area contributed by atoms with Gasteiger partial charge >= 0.3 is 0 Å². The lowest BCUT2D eigenvalue weighted by atomic mass is 9.63.